The van der Waals surface area contributed by atoms with Gasteiger partial charge in [-0.2, -0.15) is 4.52 Å². The first-order valence-corrected chi connectivity index (χ1v) is 5.50. The van der Waals surface area contributed by atoms with E-state index in [9.17, 15) is 0 Å². The Hall–Kier alpha value is -2.23. The zero-order valence-electron chi connectivity index (χ0n) is 9.75. The van der Waals surface area contributed by atoms with Crippen molar-refractivity contribution in [3.05, 3.63) is 47.9 Å². The third-order valence-corrected chi connectivity index (χ3v) is 2.59. The maximum absolute atomic E-state index is 4.55. The van der Waals surface area contributed by atoms with Crippen molar-refractivity contribution in [2.75, 3.05) is 0 Å². The number of fused-ring (bicyclic) bond motifs is 1. The summed E-state index contributed by atoms with van der Waals surface area (Å²) in [5.41, 5.74) is 2.84. The summed E-state index contributed by atoms with van der Waals surface area (Å²) in [6.07, 6.45) is 0. The molecule has 0 aliphatic heterocycles. The van der Waals surface area contributed by atoms with Gasteiger partial charge in [0, 0.05) is 17.3 Å². The first kappa shape index (κ1) is 9.96. The van der Waals surface area contributed by atoms with E-state index in [2.05, 4.69) is 15.1 Å². The molecule has 3 aromatic rings. The normalized spacial score (nSPS) is 10.9. The van der Waals surface area contributed by atoms with Gasteiger partial charge in [-0.1, -0.05) is 30.3 Å². The van der Waals surface area contributed by atoms with E-state index in [-0.39, 0.29) is 0 Å². The Labute approximate surface area is 99.0 Å². The van der Waals surface area contributed by atoms with E-state index < -0.39 is 0 Å². The SMILES string of the molecule is Cc1cc2nc(C)nn2c(-c2ccccc2)n1. The molecule has 0 bridgehead atoms. The molecule has 0 fully saturated rings. The highest BCUT2D eigenvalue weighted by atomic mass is 15.3. The minimum Gasteiger partial charge on any atom is -0.233 e. The Morgan fingerprint density at radius 2 is 1.76 bits per heavy atom. The Morgan fingerprint density at radius 1 is 1.00 bits per heavy atom. The van der Waals surface area contributed by atoms with Gasteiger partial charge >= 0.3 is 0 Å². The molecule has 0 unspecified atom stereocenters. The van der Waals surface area contributed by atoms with E-state index in [0.717, 1.165) is 28.6 Å². The van der Waals surface area contributed by atoms with Crippen molar-refractivity contribution in [3.8, 4) is 11.4 Å². The van der Waals surface area contributed by atoms with Crippen LogP contribution in [0.25, 0.3) is 17.0 Å². The van der Waals surface area contributed by atoms with Gasteiger partial charge in [0.2, 0.25) is 0 Å². The van der Waals surface area contributed by atoms with E-state index in [1.165, 1.54) is 0 Å². The quantitative estimate of drug-likeness (QED) is 0.637. The lowest BCUT2D eigenvalue weighted by molar-refractivity contribution is 0.901. The number of nitrogens with zero attached hydrogens (tertiary/aromatic N) is 4. The minimum absolute atomic E-state index is 0.759. The van der Waals surface area contributed by atoms with Gasteiger partial charge in [-0.05, 0) is 13.8 Å². The van der Waals surface area contributed by atoms with Crippen LogP contribution in [0.4, 0.5) is 0 Å². The molecular weight excluding hydrogens is 212 g/mol. The molecule has 0 aliphatic carbocycles. The Kier molecular flexibility index (Phi) is 2.14. The molecule has 4 heteroatoms. The highest BCUT2D eigenvalue weighted by Gasteiger charge is 2.09. The summed E-state index contributed by atoms with van der Waals surface area (Å²) in [5.74, 6) is 1.59. The molecule has 17 heavy (non-hydrogen) atoms. The van der Waals surface area contributed by atoms with Crippen LogP contribution in [0.1, 0.15) is 11.5 Å². The summed E-state index contributed by atoms with van der Waals surface area (Å²) in [5, 5.41) is 4.37. The van der Waals surface area contributed by atoms with Crippen LogP contribution in [0.2, 0.25) is 0 Å². The first-order chi connectivity index (χ1) is 8.24. The molecule has 0 saturated heterocycles. The number of hydrogen-bond donors (Lipinski definition) is 0. The van der Waals surface area contributed by atoms with Crippen molar-refractivity contribution in [1.29, 1.82) is 0 Å². The smallest absolute Gasteiger partial charge is 0.163 e. The fourth-order valence-electron chi connectivity index (χ4n) is 1.89. The van der Waals surface area contributed by atoms with Crippen LogP contribution in [-0.2, 0) is 0 Å². The summed E-state index contributed by atoms with van der Waals surface area (Å²) >= 11 is 0. The predicted molar refractivity (Wildman–Crippen MR) is 65.7 cm³/mol. The zero-order valence-corrected chi connectivity index (χ0v) is 9.75. The summed E-state index contributed by atoms with van der Waals surface area (Å²) in [7, 11) is 0. The molecular formula is C13H12N4. The number of rotatable bonds is 1. The standard InChI is InChI=1S/C13H12N4/c1-9-8-12-15-10(2)16-17(12)13(14-9)11-6-4-3-5-7-11/h3-8H,1-2H3. The van der Waals surface area contributed by atoms with Crippen molar-refractivity contribution in [2.45, 2.75) is 13.8 Å². The van der Waals surface area contributed by atoms with Crippen LogP contribution >= 0.6 is 0 Å². The molecule has 0 amide bonds. The minimum atomic E-state index is 0.759. The van der Waals surface area contributed by atoms with Gasteiger partial charge in [-0.3, -0.25) is 0 Å². The summed E-state index contributed by atoms with van der Waals surface area (Å²) in [6.45, 7) is 3.85. The van der Waals surface area contributed by atoms with Crippen LogP contribution in [0.5, 0.6) is 0 Å². The molecule has 0 saturated carbocycles. The number of aromatic nitrogens is 4. The molecule has 0 radical (unpaired) electrons. The second kappa shape index (κ2) is 3.66. The average Bonchev–Trinajstić information content (AvgIpc) is 2.69. The molecule has 4 nitrogen and oxygen atoms in total. The summed E-state index contributed by atoms with van der Waals surface area (Å²) < 4.78 is 1.79. The van der Waals surface area contributed by atoms with Gasteiger partial charge in [0.15, 0.2) is 11.5 Å². The number of aryl methyl sites for hydroxylation is 2. The molecule has 0 spiro atoms. The lowest BCUT2D eigenvalue weighted by Crippen LogP contribution is -1.99. The van der Waals surface area contributed by atoms with Gasteiger partial charge in [-0.15, -0.1) is 5.10 Å². The van der Waals surface area contributed by atoms with Crippen LogP contribution in [0, 0.1) is 13.8 Å². The van der Waals surface area contributed by atoms with E-state index >= 15 is 0 Å². The van der Waals surface area contributed by atoms with Crippen LogP contribution in [-0.4, -0.2) is 19.6 Å². The predicted octanol–water partition coefficient (Wildman–Crippen LogP) is 2.41. The summed E-state index contributed by atoms with van der Waals surface area (Å²) in [6, 6.07) is 12.0. The maximum atomic E-state index is 4.55. The second-order valence-electron chi connectivity index (χ2n) is 4.02. The third kappa shape index (κ3) is 1.67. The monoisotopic (exact) mass is 224 g/mol. The first-order valence-electron chi connectivity index (χ1n) is 5.50. The zero-order chi connectivity index (χ0) is 11.8. The van der Waals surface area contributed by atoms with Crippen molar-refractivity contribution >= 4 is 5.65 Å². The Bertz CT molecular complexity index is 670. The highest BCUT2D eigenvalue weighted by molar-refractivity contribution is 5.59. The molecule has 2 aromatic heterocycles. The molecule has 0 N–H and O–H groups in total. The highest BCUT2D eigenvalue weighted by Crippen LogP contribution is 2.18. The third-order valence-electron chi connectivity index (χ3n) is 2.59. The lowest BCUT2D eigenvalue weighted by Gasteiger charge is -2.04. The second-order valence-corrected chi connectivity index (χ2v) is 4.02. The van der Waals surface area contributed by atoms with Crippen molar-refractivity contribution < 1.29 is 0 Å². The van der Waals surface area contributed by atoms with E-state index in [1.807, 2.05) is 50.2 Å². The van der Waals surface area contributed by atoms with E-state index in [4.69, 9.17) is 0 Å². The molecule has 3 rings (SSSR count). The van der Waals surface area contributed by atoms with E-state index in [1.54, 1.807) is 4.52 Å². The fourth-order valence-corrected chi connectivity index (χ4v) is 1.89. The summed E-state index contributed by atoms with van der Waals surface area (Å²) in [4.78, 5) is 8.92. The lowest BCUT2D eigenvalue weighted by atomic mass is 10.2. The van der Waals surface area contributed by atoms with Crippen molar-refractivity contribution in [1.82, 2.24) is 19.6 Å². The average molecular weight is 224 g/mol. The molecule has 2 heterocycles. The van der Waals surface area contributed by atoms with Crippen LogP contribution < -0.4 is 0 Å². The topological polar surface area (TPSA) is 43.1 Å². The van der Waals surface area contributed by atoms with Gasteiger partial charge in [0.05, 0.1) is 0 Å². The van der Waals surface area contributed by atoms with Gasteiger partial charge < -0.3 is 0 Å². The van der Waals surface area contributed by atoms with Crippen LogP contribution in [0.3, 0.4) is 0 Å². The van der Waals surface area contributed by atoms with Crippen molar-refractivity contribution in [3.63, 3.8) is 0 Å². The van der Waals surface area contributed by atoms with Gasteiger partial charge in [0.1, 0.15) is 5.82 Å². The van der Waals surface area contributed by atoms with Crippen molar-refractivity contribution in [2.24, 2.45) is 0 Å². The molecule has 1 aromatic carbocycles. The molecule has 84 valence electrons. The van der Waals surface area contributed by atoms with Crippen LogP contribution in [0.15, 0.2) is 36.4 Å². The Morgan fingerprint density at radius 3 is 2.53 bits per heavy atom. The molecule has 0 atom stereocenters. The fraction of sp³-hybridized carbons (Fsp3) is 0.154. The number of benzene rings is 1. The molecule has 0 aliphatic rings. The largest absolute Gasteiger partial charge is 0.233 e. The van der Waals surface area contributed by atoms with Gasteiger partial charge in [0.25, 0.3) is 0 Å². The number of hydrogen-bond acceptors (Lipinski definition) is 3. The Balaban J connectivity index is 2.35. The van der Waals surface area contributed by atoms with Gasteiger partial charge in [-0.25, -0.2) is 9.97 Å². The maximum Gasteiger partial charge on any atom is 0.163 e. The van der Waals surface area contributed by atoms with E-state index in [0.29, 0.717) is 0 Å².